The molecule has 9 heavy (non-hydrogen) atoms. The SMILES string of the molecule is CC1=CSC(C)=C(C)[N]1. The van der Waals surface area contributed by atoms with Crippen LogP contribution in [0.2, 0.25) is 0 Å². The first-order valence-corrected chi connectivity index (χ1v) is 3.81. The minimum atomic E-state index is 1.11. The summed E-state index contributed by atoms with van der Waals surface area (Å²) in [6.45, 7) is 6.15. The van der Waals surface area contributed by atoms with E-state index in [2.05, 4.69) is 17.6 Å². The fourth-order valence-corrected chi connectivity index (χ4v) is 1.24. The van der Waals surface area contributed by atoms with Crippen molar-refractivity contribution in [2.24, 2.45) is 0 Å². The van der Waals surface area contributed by atoms with Crippen molar-refractivity contribution in [3.05, 3.63) is 21.7 Å². The molecule has 0 aromatic rings. The second kappa shape index (κ2) is 2.48. The molecule has 1 heterocycles. The molecule has 0 aromatic carbocycles. The van der Waals surface area contributed by atoms with Crippen molar-refractivity contribution >= 4 is 11.8 Å². The van der Waals surface area contributed by atoms with Gasteiger partial charge < -0.3 is 0 Å². The van der Waals surface area contributed by atoms with Gasteiger partial charge in [-0.05, 0) is 26.2 Å². The summed E-state index contributed by atoms with van der Waals surface area (Å²) >= 11 is 1.76. The highest BCUT2D eigenvalue weighted by molar-refractivity contribution is 8.05. The molecule has 0 unspecified atom stereocenters. The Morgan fingerprint density at radius 2 is 2.00 bits per heavy atom. The molecule has 0 N–H and O–H groups in total. The number of nitrogens with zero attached hydrogens (tertiary/aromatic N) is 1. The van der Waals surface area contributed by atoms with Crippen LogP contribution < -0.4 is 5.32 Å². The molecule has 49 valence electrons. The van der Waals surface area contributed by atoms with E-state index >= 15 is 0 Å². The zero-order chi connectivity index (χ0) is 6.85. The van der Waals surface area contributed by atoms with E-state index in [-0.39, 0.29) is 0 Å². The Hall–Kier alpha value is -0.370. The molecule has 0 amide bonds. The lowest BCUT2D eigenvalue weighted by molar-refractivity contribution is 0.940. The summed E-state index contributed by atoms with van der Waals surface area (Å²) in [5, 5.41) is 6.36. The highest BCUT2D eigenvalue weighted by Gasteiger charge is 2.04. The number of allylic oxidation sites excluding steroid dienone is 3. The molecule has 1 rings (SSSR count). The van der Waals surface area contributed by atoms with Gasteiger partial charge in [-0.25, -0.2) is 0 Å². The Morgan fingerprint density at radius 3 is 2.44 bits per heavy atom. The zero-order valence-electron chi connectivity index (χ0n) is 5.93. The third-order valence-electron chi connectivity index (χ3n) is 1.26. The van der Waals surface area contributed by atoms with Crippen molar-refractivity contribution in [3.8, 4) is 0 Å². The number of hydrogen-bond acceptors (Lipinski definition) is 1. The molecule has 0 atom stereocenters. The van der Waals surface area contributed by atoms with Crippen LogP contribution in [0.5, 0.6) is 0 Å². The van der Waals surface area contributed by atoms with Gasteiger partial charge in [0.25, 0.3) is 0 Å². The van der Waals surface area contributed by atoms with Crippen molar-refractivity contribution in [1.82, 2.24) is 5.32 Å². The third kappa shape index (κ3) is 1.52. The average molecular weight is 140 g/mol. The standard InChI is InChI=1S/C7H10NS/c1-5-4-9-7(3)6(2)8-5/h4H,1-3H3. The van der Waals surface area contributed by atoms with Crippen LogP contribution in [0.1, 0.15) is 20.8 Å². The van der Waals surface area contributed by atoms with Crippen molar-refractivity contribution in [1.29, 1.82) is 0 Å². The first kappa shape index (κ1) is 6.75. The smallest absolute Gasteiger partial charge is 0.0471 e. The van der Waals surface area contributed by atoms with E-state index in [4.69, 9.17) is 0 Å². The minimum Gasteiger partial charge on any atom is -0.257 e. The van der Waals surface area contributed by atoms with Gasteiger partial charge in [0, 0.05) is 16.3 Å². The zero-order valence-corrected chi connectivity index (χ0v) is 6.75. The quantitative estimate of drug-likeness (QED) is 0.504. The highest BCUT2D eigenvalue weighted by atomic mass is 32.2. The maximum absolute atomic E-state index is 4.28. The molecule has 1 aliphatic rings. The number of hydrogen-bond donors (Lipinski definition) is 0. The predicted octanol–water partition coefficient (Wildman–Crippen LogP) is 2.45. The lowest BCUT2D eigenvalue weighted by atomic mass is 10.4. The number of thioether (sulfide) groups is 1. The monoisotopic (exact) mass is 140 g/mol. The maximum Gasteiger partial charge on any atom is 0.0471 e. The lowest BCUT2D eigenvalue weighted by Gasteiger charge is -2.11. The largest absolute Gasteiger partial charge is 0.257 e. The fourth-order valence-electron chi connectivity index (χ4n) is 0.629. The topological polar surface area (TPSA) is 14.1 Å². The minimum absolute atomic E-state index is 1.11. The molecule has 0 bridgehead atoms. The van der Waals surface area contributed by atoms with Crippen LogP contribution in [0.25, 0.3) is 0 Å². The second-order valence-corrected chi connectivity index (χ2v) is 3.21. The van der Waals surface area contributed by atoms with Gasteiger partial charge in [0.05, 0.1) is 0 Å². The second-order valence-electron chi connectivity index (χ2n) is 2.13. The van der Waals surface area contributed by atoms with Gasteiger partial charge >= 0.3 is 0 Å². The Bertz CT molecular complexity index is 179. The Morgan fingerprint density at radius 1 is 1.33 bits per heavy atom. The summed E-state index contributed by atoms with van der Waals surface area (Å²) in [4.78, 5) is 1.31. The average Bonchev–Trinajstić information content (AvgIpc) is 1.80. The van der Waals surface area contributed by atoms with Crippen LogP contribution in [0.15, 0.2) is 21.7 Å². The summed E-state index contributed by atoms with van der Waals surface area (Å²) in [5.41, 5.74) is 2.27. The maximum atomic E-state index is 4.28. The van der Waals surface area contributed by atoms with E-state index in [0.29, 0.717) is 0 Å². The Labute approximate surface area is 60.2 Å². The van der Waals surface area contributed by atoms with Crippen LogP contribution in [0.4, 0.5) is 0 Å². The van der Waals surface area contributed by atoms with Gasteiger partial charge in [0.2, 0.25) is 0 Å². The molecule has 2 heteroatoms. The third-order valence-corrected chi connectivity index (χ3v) is 2.37. The Kier molecular flexibility index (Phi) is 1.86. The van der Waals surface area contributed by atoms with Gasteiger partial charge in [0.1, 0.15) is 0 Å². The van der Waals surface area contributed by atoms with Crippen LogP contribution in [-0.2, 0) is 0 Å². The van der Waals surface area contributed by atoms with Crippen molar-refractivity contribution in [2.75, 3.05) is 0 Å². The van der Waals surface area contributed by atoms with Crippen molar-refractivity contribution in [3.63, 3.8) is 0 Å². The normalized spacial score (nSPS) is 19.2. The number of rotatable bonds is 0. The Balaban J connectivity index is 2.70. The van der Waals surface area contributed by atoms with Crippen LogP contribution in [0.3, 0.4) is 0 Å². The van der Waals surface area contributed by atoms with E-state index in [0.717, 1.165) is 11.4 Å². The lowest BCUT2D eigenvalue weighted by Crippen LogP contribution is -2.03. The van der Waals surface area contributed by atoms with Crippen molar-refractivity contribution < 1.29 is 0 Å². The summed E-state index contributed by atoms with van der Waals surface area (Å²) < 4.78 is 0. The summed E-state index contributed by atoms with van der Waals surface area (Å²) in [7, 11) is 0. The van der Waals surface area contributed by atoms with E-state index in [9.17, 15) is 0 Å². The molecule has 1 radical (unpaired) electrons. The van der Waals surface area contributed by atoms with Gasteiger partial charge in [-0.1, -0.05) is 11.8 Å². The summed E-state index contributed by atoms with van der Waals surface area (Å²) in [6.07, 6.45) is 0. The van der Waals surface area contributed by atoms with Crippen LogP contribution >= 0.6 is 11.8 Å². The molecule has 1 aliphatic heterocycles. The van der Waals surface area contributed by atoms with Gasteiger partial charge in [-0.3, -0.25) is 5.32 Å². The molecule has 0 fully saturated rings. The fraction of sp³-hybridized carbons (Fsp3) is 0.429. The molecule has 0 saturated carbocycles. The van der Waals surface area contributed by atoms with Gasteiger partial charge in [-0.2, -0.15) is 0 Å². The molecular formula is C7H10NS. The summed E-state index contributed by atoms with van der Waals surface area (Å²) in [5.74, 6) is 0. The van der Waals surface area contributed by atoms with E-state index in [1.807, 2.05) is 13.8 Å². The molecule has 0 saturated heterocycles. The molecular weight excluding hydrogens is 130 g/mol. The summed E-state index contributed by atoms with van der Waals surface area (Å²) in [6, 6.07) is 0. The van der Waals surface area contributed by atoms with E-state index in [1.54, 1.807) is 11.8 Å². The molecule has 0 aromatic heterocycles. The predicted molar refractivity (Wildman–Crippen MR) is 41.9 cm³/mol. The van der Waals surface area contributed by atoms with Crippen molar-refractivity contribution in [2.45, 2.75) is 20.8 Å². The van der Waals surface area contributed by atoms with Crippen LogP contribution in [-0.4, -0.2) is 0 Å². The molecule has 1 nitrogen and oxygen atoms in total. The van der Waals surface area contributed by atoms with Gasteiger partial charge in [-0.15, -0.1) is 0 Å². The van der Waals surface area contributed by atoms with Crippen LogP contribution in [0, 0.1) is 0 Å². The first-order valence-electron chi connectivity index (χ1n) is 2.93. The first-order chi connectivity index (χ1) is 4.20. The highest BCUT2D eigenvalue weighted by Crippen LogP contribution is 2.25. The molecule has 0 spiro atoms. The van der Waals surface area contributed by atoms with E-state index in [1.165, 1.54) is 4.91 Å². The van der Waals surface area contributed by atoms with Gasteiger partial charge in [0.15, 0.2) is 0 Å². The molecule has 0 aliphatic carbocycles. The van der Waals surface area contributed by atoms with E-state index < -0.39 is 0 Å².